The summed E-state index contributed by atoms with van der Waals surface area (Å²) in [6.45, 7) is 9.60. The molecule has 0 saturated carbocycles. The molecule has 1 saturated heterocycles. The maximum Gasteiger partial charge on any atom is 0.146 e. The fourth-order valence-corrected chi connectivity index (χ4v) is 3.00. The minimum Gasteiger partial charge on any atom is -0.363 e. The van der Waals surface area contributed by atoms with Gasteiger partial charge in [-0.3, -0.25) is 0 Å². The van der Waals surface area contributed by atoms with Gasteiger partial charge in [-0.15, -0.1) is 0 Å². The molecule has 0 spiro atoms. The van der Waals surface area contributed by atoms with Crippen molar-refractivity contribution in [2.75, 3.05) is 18.0 Å². The molecule has 0 amide bonds. The summed E-state index contributed by atoms with van der Waals surface area (Å²) in [6, 6.07) is 3.19. The molecule has 0 bridgehead atoms. The molecule has 2 rings (SSSR count). The molecule has 1 aromatic rings. The molecule has 2 nitrogen and oxygen atoms in total. The zero-order valence-electron chi connectivity index (χ0n) is 13.4. The lowest BCUT2D eigenvalue weighted by molar-refractivity contribution is 0.304. The van der Waals surface area contributed by atoms with E-state index in [-0.39, 0.29) is 17.7 Å². The Morgan fingerprint density at radius 1 is 1.29 bits per heavy atom. The summed E-state index contributed by atoms with van der Waals surface area (Å²) in [5, 5.41) is 3.56. The first-order chi connectivity index (χ1) is 9.97. The summed E-state index contributed by atoms with van der Waals surface area (Å²) in [5.74, 6) is -0.138. The second kappa shape index (κ2) is 6.73. The van der Waals surface area contributed by atoms with Gasteiger partial charge in [0.05, 0.1) is 5.69 Å². The number of benzene rings is 1. The second-order valence-electron chi connectivity index (χ2n) is 6.17. The van der Waals surface area contributed by atoms with E-state index in [2.05, 4.69) is 26.1 Å². The van der Waals surface area contributed by atoms with Crippen molar-refractivity contribution in [3.05, 3.63) is 29.3 Å². The van der Waals surface area contributed by atoms with E-state index in [1.807, 2.05) is 4.90 Å². The predicted molar refractivity (Wildman–Crippen MR) is 83.8 cm³/mol. The van der Waals surface area contributed by atoms with Crippen LogP contribution in [-0.2, 0) is 0 Å². The summed E-state index contributed by atoms with van der Waals surface area (Å²) in [6.07, 6.45) is 1.99. The van der Waals surface area contributed by atoms with Crippen molar-refractivity contribution < 1.29 is 8.78 Å². The average Bonchev–Trinajstić information content (AvgIpc) is 2.49. The number of nitrogens with one attached hydrogen (secondary N) is 1. The number of aryl methyl sites for hydroxylation is 1. The van der Waals surface area contributed by atoms with Crippen LogP contribution < -0.4 is 10.2 Å². The lowest BCUT2D eigenvalue weighted by Gasteiger charge is -2.43. The normalized spacial score (nSPS) is 24.2. The smallest absolute Gasteiger partial charge is 0.146 e. The van der Waals surface area contributed by atoms with E-state index in [1.165, 1.54) is 12.1 Å². The molecule has 3 atom stereocenters. The van der Waals surface area contributed by atoms with Crippen LogP contribution in [0.4, 0.5) is 14.5 Å². The van der Waals surface area contributed by atoms with Gasteiger partial charge in [0.1, 0.15) is 11.6 Å². The maximum atomic E-state index is 14.3. The highest BCUT2D eigenvalue weighted by atomic mass is 19.1. The van der Waals surface area contributed by atoms with Crippen LogP contribution in [0.15, 0.2) is 12.1 Å². The Hall–Kier alpha value is -1.16. The Morgan fingerprint density at radius 3 is 2.62 bits per heavy atom. The summed E-state index contributed by atoms with van der Waals surface area (Å²) >= 11 is 0. The molecule has 1 heterocycles. The predicted octanol–water partition coefficient (Wildman–Crippen LogP) is 3.88. The molecular formula is C17H26F2N2. The molecule has 1 aliphatic rings. The van der Waals surface area contributed by atoms with Gasteiger partial charge >= 0.3 is 0 Å². The molecule has 0 aliphatic carbocycles. The SMILES string of the molecule is CCC(C)C1CN(c2cc(F)c(C)cc2F)C(CC)CN1. The Kier molecular flexibility index (Phi) is 5.20. The number of anilines is 1. The van der Waals surface area contributed by atoms with Crippen LogP contribution in [0.3, 0.4) is 0 Å². The molecule has 0 radical (unpaired) electrons. The Labute approximate surface area is 126 Å². The number of hydrogen-bond donors (Lipinski definition) is 1. The Balaban J connectivity index is 2.31. The van der Waals surface area contributed by atoms with Crippen LogP contribution >= 0.6 is 0 Å². The van der Waals surface area contributed by atoms with Crippen LogP contribution in [0.25, 0.3) is 0 Å². The van der Waals surface area contributed by atoms with Gasteiger partial charge in [0.15, 0.2) is 0 Å². The van der Waals surface area contributed by atoms with Gasteiger partial charge in [0, 0.05) is 31.2 Å². The third kappa shape index (κ3) is 3.37. The van der Waals surface area contributed by atoms with Gasteiger partial charge in [0.2, 0.25) is 0 Å². The zero-order valence-corrected chi connectivity index (χ0v) is 13.4. The molecule has 0 aromatic heterocycles. The molecule has 3 unspecified atom stereocenters. The molecule has 1 fully saturated rings. The first-order valence-electron chi connectivity index (χ1n) is 7.93. The maximum absolute atomic E-state index is 14.3. The van der Waals surface area contributed by atoms with E-state index in [9.17, 15) is 8.78 Å². The van der Waals surface area contributed by atoms with Crippen molar-refractivity contribution in [2.45, 2.75) is 52.6 Å². The quantitative estimate of drug-likeness (QED) is 0.907. The first kappa shape index (κ1) is 16.2. The lowest BCUT2D eigenvalue weighted by Crippen LogP contribution is -2.58. The summed E-state index contributed by atoms with van der Waals surface area (Å²) < 4.78 is 28.2. The Bertz CT molecular complexity index is 490. The van der Waals surface area contributed by atoms with E-state index >= 15 is 0 Å². The largest absolute Gasteiger partial charge is 0.363 e. The fraction of sp³-hybridized carbons (Fsp3) is 0.647. The van der Waals surface area contributed by atoms with Crippen molar-refractivity contribution in [1.29, 1.82) is 0 Å². The summed E-state index contributed by atoms with van der Waals surface area (Å²) in [7, 11) is 0. The first-order valence-corrected chi connectivity index (χ1v) is 7.93. The average molecular weight is 296 g/mol. The minimum atomic E-state index is -0.333. The number of halogens is 2. The number of nitrogens with zero attached hydrogens (tertiary/aromatic N) is 1. The minimum absolute atomic E-state index is 0.210. The van der Waals surface area contributed by atoms with Crippen molar-refractivity contribution >= 4 is 5.69 Å². The second-order valence-corrected chi connectivity index (χ2v) is 6.17. The highest BCUT2D eigenvalue weighted by Gasteiger charge is 2.31. The van der Waals surface area contributed by atoms with E-state index < -0.39 is 0 Å². The third-order valence-corrected chi connectivity index (χ3v) is 4.79. The molecule has 4 heteroatoms. The zero-order chi connectivity index (χ0) is 15.6. The molecular weight excluding hydrogens is 270 g/mol. The van der Waals surface area contributed by atoms with Crippen molar-refractivity contribution in [3.63, 3.8) is 0 Å². The number of hydrogen-bond acceptors (Lipinski definition) is 2. The van der Waals surface area contributed by atoms with Crippen molar-refractivity contribution in [1.82, 2.24) is 5.32 Å². The van der Waals surface area contributed by atoms with E-state index in [0.29, 0.717) is 23.2 Å². The van der Waals surface area contributed by atoms with Gasteiger partial charge in [-0.2, -0.15) is 0 Å². The topological polar surface area (TPSA) is 15.3 Å². The van der Waals surface area contributed by atoms with Crippen LogP contribution in [0.5, 0.6) is 0 Å². The number of piperazine rings is 1. The van der Waals surface area contributed by atoms with Crippen LogP contribution in [0.2, 0.25) is 0 Å². The van der Waals surface area contributed by atoms with Crippen LogP contribution in [0, 0.1) is 24.5 Å². The van der Waals surface area contributed by atoms with Gasteiger partial charge in [-0.25, -0.2) is 8.78 Å². The molecule has 118 valence electrons. The van der Waals surface area contributed by atoms with E-state index in [1.54, 1.807) is 6.92 Å². The molecule has 21 heavy (non-hydrogen) atoms. The monoisotopic (exact) mass is 296 g/mol. The van der Waals surface area contributed by atoms with E-state index in [0.717, 1.165) is 25.9 Å². The standard InChI is InChI=1S/C17H26F2N2/c1-5-11(3)16-10-21(13(6-2)9-20-16)17-8-14(18)12(4)7-15(17)19/h7-8,11,13,16,20H,5-6,9-10H2,1-4H3. The summed E-state index contributed by atoms with van der Waals surface area (Å²) in [5.41, 5.74) is 0.762. The van der Waals surface area contributed by atoms with Crippen LogP contribution in [0.1, 0.15) is 39.2 Å². The molecule has 1 aliphatic heterocycles. The number of rotatable bonds is 4. The summed E-state index contributed by atoms with van der Waals surface area (Å²) in [4.78, 5) is 2.05. The van der Waals surface area contributed by atoms with Gasteiger partial charge in [0.25, 0.3) is 0 Å². The fourth-order valence-electron chi connectivity index (χ4n) is 3.00. The van der Waals surface area contributed by atoms with Crippen molar-refractivity contribution in [3.8, 4) is 0 Å². The molecule has 1 aromatic carbocycles. The molecule has 1 N–H and O–H groups in total. The highest BCUT2D eigenvalue weighted by Crippen LogP contribution is 2.28. The van der Waals surface area contributed by atoms with E-state index in [4.69, 9.17) is 0 Å². The van der Waals surface area contributed by atoms with Crippen LogP contribution in [-0.4, -0.2) is 25.2 Å². The highest BCUT2D eigenvalue weighted by molar-refractivity contribution is 5.51. The third-order valence-electron chi connectivity index (χ3n) is 4.79. The van der Waals surface area contributed by atoms with Gasteiger partial charge < -0.3 is 10.2 Å². The Morgan fingerprint density at radius 2 is 2.00 bits per heavy atom. The van der Waals surface area contributed by atoms with Gasteiger partial charge in [-0.1, -0.05) is 27.2 Å². The van der Waals surface area contributed by atoms with Gasteiger partial charge in [-0.05, 0) is 30.9 Å². The van der Waals surface area contributed by atoms with Crippen molar-refractivity contribution in [2.24, 2.45) is 5.92 Å². The lowest BCUT2D eigenvalue weighted by atomic mass is 9.94.